The molecule has 0 aliphatic heterocycles. The Labute approximate surface area is 90.8 Å². The summed E-state index contributed by atoms with van der Waals surface area (Å²) >= 11 is 0. The Bertz CT molecular complexity index is 249. The highest BCUT2D eigenvalue weighted by atomic mass is 16.2. The minimum Gasteiger partial charge on any atom is -0.368 e. The van der Waals surface area contributed by atoms with Crippen LogP contribution in [0.2, 0.25) is 0 Å². The van der Waals surface area contributed by atoms with Gasteiger partial charge in [0, 0.05) is 12.6 Å². The molecule has 0 aliphatic carbocycles. The molecule has 0 radical (unpaired) electrons. The molecule has 0 fully saturated rings. The van der Waals surface area contributed by atoms with E-state index in [1.54, 1.807) is 13.8 Å². The molecule has 4 N–H and O–H groups in total. The van der Waals surface area contributed by atoms with Crippen molar-refractivity contribution in [2.24, 2.45) is 16.9 Å². The fraction of sp³-hybridized carbons (Fsp3) is 0.800. The van der Waals surface area contributed by atoms with Crippen LogP contribution in [0.3, 0.4) is 0 Å². The van der Waals surface area contributed by atoms with Crippen molar-refractivity contribution in [3.63, 3.8) is 0 Å². The average Bonchev–Trinajstić information content (AvgIpc) is 2.12. The number of amides is 2. The maximum absolute atomic E-state index is 12.0. The van der Waals surface area contributed by atoms with Gasteiger partial charge in [-0.25, -0.2) is 0 Å². The van der Waals surface area contributed by atoms with E-state index in [4.69, 9.17) is 11.5 Å². The number of carbonyl (C=O) groups excluding carboxylic acids is 2. The van der Waals surface area contributed by atoms with Gasteiger partial charge in [-0.15, -0.1) is 0 Å². The third kappa shape index (κ3) is 3.87. The minimum atomic E-state index is -0.653. The first-order valence-electron chi connectivity index (χ1n) is 5.02. The van der Waals surface area contributed by atoms with Gasteiger partial charge in [-0.2, -0.15) is 0 Å². The highest BCUT2D eigenvalue weighted by molar-refractivity contribution is 5.87. The summed E-state index contributed by atoms with van der Waals surface area (Å²) in [5.74, 6) is -0.649. The van der Waals surface area contributed by atoms with Crippen LogP contribution in [0.25, 0.3) is 0 Å². The molecule has 0 atom stereocenters. The zero-order valence-corrected chi connectivity index (χ0v) is 9.91. The number of rotatable bonds is 5. The second-order valence-corrected chi connectivity index (χ2v) is 4.58. The van der Waals surface area contributed by atoms with E-state index in [9.17, 15) is 9.59 Å². The SMILES string of the molecule is CC(C)N(CC(N)=O)C(=O)C(C)(C)CN. The largest absolute Gasteiger partial charge is 0.368 e. The van der Waals surface area contributed by atoms with E-state index in [0.717, 1.165) is 0 Å². The maximum atomic E-state index is 12.0. The molecule has 0 unspecified atom stereocenters. The molecule has 0 aromatic heterocycles. The van der Waals surface area contributed by atoms with Crippen LogP contribution in [-0.2, 0) is 9.59 Å². The molecule has 0 heterocycles. The molecular weight excluding hydrogens is 194 g/mol. The number of primary amides is 1. The van der Waals surface area contributed by atoms with Crippen molar-refractivity contribution in [3.8, 4) is 0 Å². The van der Waals surface area contributed by atoms with E-state index >= 15 is 0 Å². The molecule has 0 rings (SSSR count). The van der Waals surface area contributed by atoms with Crippen LogP contribution in [0, 0.1) is 5.41 Å². The fourth-order valence-corrected chi connectivity index (χ4v) is 1.13. The second-order valence-electron chi connectivity index (χ2n) is 4.58. The van der Waals surface area contributed by atoms with Gasteiger partial charge in [0.1, 0.15) is 0 Å². The van der Waals surface area contributed by atoms with Crippen LogP contribution < -0.4 is 11.5 Å². The lowest BCUT2D eigenvalue weighted by Crippen LogP contribution is -2.50. The second kappa shape index (κ2) is 5.11. The van der Waals surface area contributed by atoms with Gasteiger partial charge >= 0.3 is 0 Å². The lowest BCUT2D eigenvalue weighted by Gasteiger charge is -2.33. The van der Waals surface area contributed by atoms with Crippen LogP contribution in [-0.4, -0.2) is 35.8 Å². The van der Waals surface area contributed by atoms with Gasteiger partial charge in [-0.1, -0.05) is 0 Å². The first-order valence-corrected chi connectivity index (χ1v) is 5.02. The smallest absolute Gasteiger partial charge is 0.237 e. The summed E-state index contributed by atoms with van der Waals surface area (Å²) < 4.78 is 0. The van der Waals surface area contributed by atoms with E-state index in [1.807, 2.05) is 13.8 Å². The highest BCUT2D eigenvalue weighted by Gasteiger charge is 2.32. The molecule has 0 aliphatic rings. The third-order valence-corrected chi connectivity index (χ3v) is 2.30. The Balaban J connectivity index is 4.78. The Morgan fingerprint density at radius 3 is 2.07 bits per heavy atom. The first-order chi connectivity index (χ1) is 6.72. The molecule has 0 aromatic rings. The summed E-state index contributed by atoms with van der Waals surface area (Å²) in [4.78, 5) is 24.3. The van der Waals surface area contributed by atoms with Gasteiger partial charge in [0.05, 0.1) is 12.0 Å². The van der Waals surface area contributed by atoms with Gasteiger partial charge in [0.2, 0.25) is 11.8 Å². The third-order valence-electron chi connectivity index (χ3n) is 2.30. The van der Waals surface area contributed by atoms with E-state index in [1.165, 1.54) is 4.90 Å². The summed E-state index contributed by atoms with van der Waals surface area (Å²) in [6, 6.07) is -0.0594. The molecule has 15 heavy (non-hydrogen) atoms. The molecule has 0 saturated heterocycles. The van der Waals surface area contributed by atoms with E-state index in [0.29, 0.717) is 0 Å². The summed E-state index contributed by atoms with van der Waals surface area (Å²) in [5.41, 5.74) is 9.95. The Morgan fingerprint density at radius 2 is 1.80 bits per heavy atom. The molecule has 0 spiro atoms. The van der Waals surface area contributed by atoms with E-state index in [2.05, 4.69) is 0 Å². The number of nitrogens with two attached hydrogens (primary N) is 2. The molecule has 0 saturated carbocycles. The molecular formula is C10H21N3O2. The fourth-order valence-electron chi connectivity index (χ4n) is 1.13. The van der Waals surface area contributed by atoms with Crippen molar-refractivity contribution >= 4 is 11.8 Å². The van der Waals surface area contributed by atoms with Crippen molar-refractivity contribution in [1.29, 1.82) is 0 Å². The predicted molar refractivity (Wildman–Crippen MR) is 58.9 cm³/mol. The first kappa shape index (κ1) is 13.9. The van der Waals surface area contributed by atoms with Crippen molar-refractivity contribution in [3.05, 3.63) is 0 Å². The van der Waals surface area contributed by atoms with Gasteiger partial charge in [-0.05, 0) is 27.7 Å². The molecule has 0 aromatic carbocycles. The monoisotopic (exact) mass is 215 g/mol. The predicted octanol–water partition coefficient (Wildman–Crippen LogP) is -0.306. The number of hydrogen-bond donors (Lipinski definition) is 2. The van der Waals surface area contributed by atoms with Crippen LogP contribution in [0.4, 0.5) is 0 Å². The quantitative estimate of drug-likeness (QED) is 0.659. The number of carbonyl (C=O) groups is 2. The van der Waals surface area contributed by atoms with Gasteiger partial charge in [-0.3, -0.25) is 9.59 Å². The molecule has 5 nitrogen and oxygen atoms in total. The summed E-state index contributed by atoms with van der Waals surface area (Å²) in [6.45, 7) is 7.38. The minimum absolute atomic E-state index is 0.0556. The van der Waals surface area contributed by atoms with Crippen molar-refractivity contribution in [2.75, 3.05) is 13.1 Å². The van der Waals surface area contributed by atoms with E-state index in [-0.39, 0.29) is 25.0 Å². The topological polar surface area (TPSA) is 89.4 Å². The van der Waals surface area contributed by atoms with Gasteiger partial charge < -0.3 is 16.4 Å². The Kier molecular flexibility index (Phi) is 4.74. The summed E-state index contributed by atoms with van der Waals surface area (Å²) in [5, 5.41) is 0. The molecule has 5 heteroatoms. The Morgan fingerprint density at radius 1 is 1.33 bits per heavy atom. The number of nitrogens with zero attached hydrogens (tertiary/aromatic N) is 1. The van der Waals surface area contributed by atoms with Crippen molar-refractivity contribution < 1.29 is 9.59 Å². The zero-order chi connectivity index (χ0) is 12.2. The lowest BCUT2D eigenvalue weighted by atomic mass is 9.91. The van der Waals surface area contributed by atoms with E-state index < -0.39 is 11.3 Å². The lowest BCUT2D eigenvalue weighted by molar-refractivity contribution is -0.144. The maximum Gasteiger partial charge on any atom is 0.237 e. The number of hydrogen-bond acceptors (Lipinski definition) is 3. The molecule has 88 valence electrons. The van der Waals surface area contributed by atoms with Gasteiger partial charge in [0.15, 0.2) is 0 Å². The Hall–Kier alpha value is -1.10. The van der Waals surface area contributed by atoms with Crippen LogP contribution >= 0.6 is 0 Å². The van der Waals surface area contributed by atoms with Crippen molar-refractivity contribution in [2.45, 2.75) is 33.7 Å². The normalized spacial score (nSPS) is 11.6. The standard InChI is InChI=1S/C10H21N3O2/c1-7(2)13(5-8(12)14)9(15)10(3,4)6-11/h7H,5-6,11H2,1-4H3,(H2,12,14). The van der Waals surface area contributed by atoms with Crippen LogP contribution in [0.1, 0.15) is 27.7 Å². The molecule has 0 bridgehead atoms. The average molecular weight is 215 g/mol. The summed E-state index contributed by atoms with van der Waals surface area (Å²) in [6.07, 6.45) is 0. The van der Waals surface area contributed by atoms with Crippen LogP contribution in [0.5, 0.6) is 0 Å². The highest BCUT2D eigenvalue weighted by Crippen LogP contribution is 2.18. The van der Waals surface area contributed by atoms with Gasteiger partial charge in [0.25, 0.3) is 0 Å². The molecule has 2 amide bonds. The zero-order valence-electron chi connectivity index (χ0n) is 9.91. The van der Waals surface area contributed by atoms with Crippen molar-refractivity contribution in [1.82, 2.24) is 4.90 Å². The van der Waals surface area contributed by atoms with Crippen LogP contribution in [0.15, 0.2) is 0 Å². The summed E-state index contributed by atoms with van der Waals surface area (Å²) in [7, 11) is 0.